The summed E-state index contributed by atoms with van der Waals surface area (Å²) in [5.74, 6) is -2.10. The van der Waals surface area contributed by atoms with Gasteiger partial charge in [0.25, 0.3) is 0 Å². The van der Waals surface area contributed by atoms with Gasteiger partial charge < -0.3 is 44.3 Å². The number of Topliss-reactive ketones (excluding diaryl/α,β-unsaturated/α-hetero) is 2. The van der Waals surface area contributed by atoms with Crippen molar-refractivity contribution >= 4 is 35.4 Å². The molecule has 16 nitrogen and oxygen atoms in total. The van der Waals surface area contributed by atoms with E-state index in [1.54, 1.807) is 42.5 Å². The molecule has 1 heterocycles. The maximum atomic E-state index is 11.8. The predicted molar refractivity (Wildman–Crippen MR) is 212 cm³/mol. The molecule has 1 fully saturated rings. The number of ketones is 2. The van der Waals surface area contributed by atoms with Crippen LogP contribution in [0, 0.1) is 11.3 Å². The van der Waals surface area contributed by atoms with Crippen molar-refractivity contribution in [2.24, 2.45) is 0 Å². The maximum absolute atomic E-state index is 11.8. The molecule has 0 saturated carbocycles. The summed E-state index contributed by atoms with van der Waals surface area (Å²) in [5, 5.41) is 43.5. The molecule has 0 unspecified atom stereocenters. The van der Waals surface area contributed by atoms with Crippen molar-refractivity contribution in [3.8, 4) is 17.6 Å². The number of cyclic esters (lactones) is 2. The first kappa shape index (κ1) is 56.1. The number of carboxylic acid groups (broad SMARTS) is 1. The van der Waals surface area contributed by atoms with Crippen molar-refractivity contribution in [1.29, 1.82) is 5.26 Å². The maximum Gasteiger partial charge on any atom is 0.314 e. The summed E-state index contributed by atoms with van der Waals surface area (Å²) in [6, 6.07) is 14.4. The van der Waals surface area contributed by atoms with Gasteiger partial charge in [-0.25, -0.2) is 0 Å². The lowest BCUT2D eigenvalue weighted by Gasteiger charge is -2.15. The number of hydrogen-bond donors (Lipinski definition) is 4. The second-order valence-electron chi connectivity index (χ2n) is 12.5. The van der Waals surface area contributed by atoms with Gasteiger partial charge in [0.15, 0.2) is 11.6 Å². The Balaban J connectivity index is -0.000000736. The van der Waals surface area contributed by atoms with E-state index in [2.05, 4.69) is 30.4 Å². The fraction of sp³-hybridized carbons (Fsp3) is 0.537. The highest BCUT2D eigenvalue weighted by Gasteiger charge is 2.26. The summed E-state index contributed by atoms with van der Waals surface area (Å²) in [7, 11) is 0. The number of hydrogen-bond acceptors (Lipinski definition) is 15. The molecule has 1 aliphatic heterocycles. The number of aliphatic hydroxyl groups excluding tert-OH is 1. The minimum absolute atomic E-state index is 0. The number of carbonyl (C=O) groups excluding carboxylic acids is 5. The third kappa shape index (κ3) is 27.9. The Labute approximate surface area is 336 Å². The molecule has 57 heavy (non-hydrogen) atoms. The Morgan fingerprint density at radius 3 is 1.37 bits per heavy atom. The molecule has 0 amide bonds. The minimum Gasteiger partial charge on any atom is -0.491 e. The highest BCUT2D eigenvalue weighted by Crippen LogP contribution is 2.18. The number of nitriles is 1. The molecule has 0 radical (unpaired) electrons. The Kier molecular flexibility index (Phi) is 30.5. The Morgan fingerprint density at radius 2 is 1.11 bits per heavy atom. The fourth-order valence-electron chi connectivity index (χ4n) is 3.98. The first-order valence-corrected chi connectivity index (χ1v) is 17.9. The number of rotatable bonds is 17. The van der Waals surface area contributed by atoms with E-state index in [0.717, 1.165) is 0 Å². The molecule has 1 aliphatic rings. The van der Waals surface area contributed by atoms with E-state index in [0.29, 0.717) is 22.6 Å². The molecule has 0 spiro atoms. The van der Waals surface area contributed by atoms with Crippen molar-refractivity contribution < 1.29 is 68.1 Å². The highest BCUT2D eigenvalue weighted by atomic mass is 16.6. The van der Waals surface area contributed by atoms with Crippen LogP contribution < -0.4 is 9.47 Å². The van der Waals surface area contributed by atoms with E-state index >= 15 is 0 Å². The van der Waals surface area contributed by atoms with E-state index in [9.17, 15) is 39.0 Å². The van der Waals surface area contributed by atoms with E-state index in [1.807, 2.05) is 0 Å². The summed E-state index contributed by atoms with van der Waals surface area (Å²) in [6.07, 6.45) is 0.0805. The van der Waals surface area contributed by atoms with Gasteiger partial charge in [-0.05, 0) is 95.9 Å². The molecule has 0 aromatic heterocycles. The SMILES string of the molecule is C.CC#N.CC(C)(O)C(=O)c1ccc(OCCO)cc1.CC(C)(O)C(=O)c1ccc(OCCOC(=O)CCC(=O)O)cc1.CCN(CC)CC.O=C1CCC(=O)O1. The van der Waals surface area contributed by atoms with Crippen molar-refractivity contribution in [3.63, 3.8) is 0 Å². The smallest absolute Gasteiger partial charge is 0.314 e. The van der Waals surface area contributed by atoms with Gasteiger partial charge >= 0.3 is 23.9 Å². The second-order valence-corrected chi connectivity index (χ2v) is 12.5. The summed E-state index contributed by atoms with van der Waals surface area (Å²) in [5.41, 5.74) is -2.01. The summed E-state index contributed by atoms with van der Waals surface area (Å²) < 4.78 is 19.4. The largest absolute Gasteiger partial charge is 0.491 e. The highest BCUT2D eigenvalue weighted by molar-refractivity contribution is 6.02. The lowest BCUT2D eigenvalue weighted by atomic mass is 9.97. The summed E-state index contributed by atoms with van der Waals surface area (Å²) >= 11 is 0. The van der Waals surface area contributed by atoms with Crippen LogP contribution >= 0.6 is 0 Å². The fourth-order valence-corrected chi connectivity index (χ4v) is 3.98. The summed E-state index contributed by atoms with van der Waals surface area (Å²) in [6.45, 7) is 17.6. The molecular weight excluding hydrogens is 744 g/mol. The zero-order valence-corrected chi connectivity index (χ0v) is 33.7. The van der Waals surface area contributed by atoms with Crippen LogP contribution in [0.2, 0.25) is 0 Å². The van der Waals surface area contributed by atoms with Crippen LogP contribution in [0.1, 0.15) is 109 Å². The molecule has 16 heteroatoms. The monoisotopic (exact) mass is 806 g/mol. The normalized spacial score (nSPS) is 11.4. The summed E-state index contributed by atoms with van der Waals surface area (Å²) in [4.78, 5) is 67.3. The average molecular weight is 807 g/mol. The van der Waals surface area contributed by atoms with Crippen molar-refractivity contribution in [2.45, 2.75) is 99.7 Å². The van der Waals surface area contributed by atoms with Gasteiger partial charge in [-0.15, -0.1) is 0 Å². The average Bonchev–Trinajstić information content (AvgIpc) is 3.54. The van der Waals surface area contributed by atoms with Crippen molar-refractivity contribution in [1.82, 2.24) is 4.90 Å². The number of carboxylic acids is 1. The number of aliphatic hydroxyl groups is 3. The molecule has 0 aliphatic carbocycles. The minimum atomic E-state index is -1.44. The van der Waals surface area contributed by atoms with Crippen LogP contribution in [0.25, 0.3) is 0 Å². The molecule has 3 rings (SSSR count). The Hall–Kier alpha value is -5.21. The van der Waals surface area contributed by atoms with Gasteiger partial charge in [-0.2, -0.15) is 5.26 Å². The van der Waals surface area contributed by atoms with Crippen LogP contribution in [0.3, 0.4) is 0 Å². The predicted octanol–water partition coefficient (Wildman–Crippen LogP) is 4.80. The second kappa shape index (κ2) is 30.9. The molecule has 2 aromatic rings. The van der Waals surface area contributed by atoms with Gasteiger partial charge in [-0.1, -0.05) is 28.2 Å². The molecule has 2 aromatic carbocycles. The molecule has 320 valence electrons. The molecular formula is C41H62N2O14. The topological polar surface area (TPSA) is 247 Å². The zero-order valence-electron chi connectivity index (χ0n) is 33.7. The lowest BCUT2D eigenvalue weighted by Crippen LogP contribution is -2.30. The van der Waals surface area contributed by atoms with Gasteiger partial charge in [0.05, 0.1) is 38.4 Å². The van der Waals surface area contributed by atoms with Gasteiger partial charge in [-0.3, -0.25) is 28.8 Å². The Morgan fingerprint density at radius 1 is 0.737 bits per heavy atom. The van der Waals surface area contributed by atoms with Crippen molar-refractivity contribution in [2.75, 3.05) is 46.1 Å². The lowest BCUT2D eigenvalue weighted by molar-refractivity contribution is -0.152. The van der Waals surface area contributed by atoms with Crippen LogP contribution in [0.5, 0.6) is 11.5 Å². The number of nitrogens with zero attached hydrogens (tertiary/aromatic N) is 2. The van der Waals surface area contributed by atoms with E-state index in [-0.39, 0.29) is 65.3 Å². The van der Waals surface area contributed by atoms with Crippen LogP contribution in [0.4, 0.5) is 0 Å². The Bertz CT molecular complexity index is 1500. The molecule has 0 atom stereocenters. The van der Waals surface area contributed by atoms with Gasteiger partial charge in [0.1, 0.15) is 42.5 Å². The van der Waals surface area contributed by atoms with E-state index < -0.39 is 40.9 Å². The van der Waals surface area contributed by atoms with Crippen molar-refractivity contribution in [3.05, 3.63) is 59.7 Å². The quantitative estimate of drug-likeness (QED) is 0.0725. The first-order valence-electron chi connectivity index (χ1n) is 17.9. The number of benzene rings is 2. The standard InChI is InChI=1S/C16H20O7.C12H16O4.C6H15N.C4H4O3.C2H3N.CH4/c1-16(2,21)15(20)11-3-5-12(6-4-11)22-9-10-23-14(19)8-7-13(17)18;1-12(2,15)11(14)9-3-5-10(6-4-9)16-8-7-13;1-4-7(5-2)6-3;5-3-1-2-4(6)7-3;1-2-3;/h3-6,21H,7-10H2,1-2H3,(H,17,18);3-6,13,15H,7-8H2,1-2H3;4-6H2,1-3H3;1-2H2;1H3;1H4. The third-order valence-corrected chi connectivity index (χ3v) is 6.97. The third-order valence-electron chi connectivity index (χ3n) is 6.97. The number of esters is 3. The zero-order chi connectivity index (χ0) is 43.3. The molecule has 0 bridgehead atoms. The molecule has 1 saturated heterocycles. The van der Waals surface area contributed by atoms with E-state index in [1.165, 1.54) is 66.4 Å². The van der Waals surface area contributed by atoms with Crippen LogP contribution in [-0.2, 0) is 28.7 Å². The van der Waals surface area contributed by atoms with Gasteiger partial charge in [0.2, 0.25) is 0 Å². The van der Waals surface area contributed by atoms with Gasteiger partial charge in [0, 0.05) is 18.1 Å². The number of carbonyl (C=O) groups is 6. The van der Waals surface area contributed by atoms with E-state index in [4.69, 9.17) is 29.7 Å². The molecule has 4 N–H and O–H groups in total. The number of ether oxygens (including phenoxy) is 4. The van der Waals surface area contributed by atoms with Crippen LogP contribution in [-0.4, -0.2) is 118 Å². The number of aliphatic carboxylic acids is 1. The first-order chi connectivity index (χ1) is 26.2. The van der Waals surface area contributed by atoms with Crippen LogP contribution in [0.15, 0.2) is 48.5 Å².